The van der Waals surface area contributed by atoms with Gasteiger partial charge in [-0.05, 0) is 49.1 Å². The molecule has 0 saturated carbocycles. The number of fused-ring (bicyclic) bond motifs is 1. The molecular formula is C19H19NO. The zero-order valence-electron chi connectivity index (χ0n) is 12.7. The summed E-state index contributed by atoms with van der Waals surface area (Å²) in [7, 11) is 0. The minimum atomic E-state index is 0.0638. The lowest BCUT2D eigenvalue weighted by Crippen LogP contribution is -2.21. The van der Waals surface area contributed by atoms with E-state index in [9.17, 15) is 4.79 Å². The molecule has 3 aromatic rings. The Kier molecular flexibility index (Phi) is 3.38. The van der Waals surface area contributed by atoms with Crippen molar-refractivity contribution in [2.75, 3.05) is 0 Å². The van der Waals surface area contributed by atoms with Crippen LogP contribution in [0, 0.1) is 20.8 Å². The second kappa shape index (κ2) is 5.21. The lowest BCUT2D eigenvalue weighted by molar-refractivity contribution is 0.792. The number of aromatic nitrogens is 1. The SMILES string of the molecule is Cc1cc(C)c2c(C)cc(=O)n(Cc3ccccc3)c2c1. The Hall–Kier alpha value is -2.35. The minimum absolute atomic E-state index is 0.0638. The van der Waals surface area contributed by atoms with Gasteiger partial charge < -0.3 is 4.57 Å². The van der Waals surface area contributed by atoms with Crippen molar-refractivity contribution in [1.29, 1.82) is 0 Å². The van der Waals surface area contributed by atoms with Crippen molar-refractivity contribution in [3.63, 3.8) is 0 Å². The molecule has 3 rings (SSSR count). The van der Waals surface area contributed by atoms with Crippen molar-refractivity contribution in [2.24, 2.45) is 0 Å². The maximum atomic E-state index is 12.4. The first-order chi connectivity index (χ1) is 10.1. The van der Waals surface area contributed by atoms with Crippen LogP contribution in [0.3, 0.4) is 0 Å². The summed E-state index contributed by atoms with van der Waals surface area (Å²) >= 11 is 0. The van der Waals surface area contributed by atoms with Crippen LogP contribution < -0.4 is 5.56 Å². The maximum absolute atomic E-state index is 12.4. The number of nitrogens with zero attached hydrogens (tertiary/aromatic N) is 1. The highest BCUT2D eigenvalue weighted by molar-refractivity contribution is 5.86. The highest BCUT2D eigenvalue weighted by Crippen LogP contribution is 2.23. The Balaban J connectivity index is 2.29. The van der Waals surface area contributed by atoms with Gasteiger partial charge in [-0.1, -0.05) is 36.4 Å². The monoisotopic (exact) mass is 277 g/mol. The van der Waals surface area contributed by atoms with E-state index in [1.54, 1.807) is 6.07 Å². The summed E-state index contributed by atoms with van der Waals surface area (Å²) in [6.45, 7) is 6.81. The van der Waals surface area contributed by atoms with E-state index in [0.29, 0.717) is 6.54 Å². The minimum Gasteiger partial charge on any atom is -0.304 e. The molecule has 0 atom stereocenters. The normalized spacial score (nSPS) is 11.0. The van der Waals surface area contributed by atoms with E-state index in [2.05, 4.69) is 38.1 Å². The molecule has 0 aliphatic rings. The largest absolute Gasteiger partial charge is 0.304 e. The van der Waals surface area contributed by atoms with Crippen LogP contribution in [0.25, 0.3) is 10.9 Å². The van der Waals surface area contributed by atoms with Crippen LogP contribution >= 0.6 is 0 Å². The number of aryl methyl sites for hydroxylation is 3. The molecule has 1 heterocycles. The fraction of sp³-hybridized carbons (Fsp3) is 0.211. The van der Waals surface area contributed by atoms with Crippen molar-refractivity contribution in [3.8, 4) is 0 Å². The molecular weight excluding hydrogens is 258 g/mol. The fourth-order valence-corrected chi connectivity index (χ4v) is 3.05. The molecule has 0 radical (unpaired) electrons. The Morgan fingerprint density at radius 2 is 1.57 bits per heavy atom. The quantitative estimate of drug-likeness (QED) is 0.694. The summed E-state index contributed by atoms with van der Waals surface area (Å²) in [6, 6.07) is 16.1. The van der Waals surface area contributed by atoms with E-state index in [1.165, 1.54) is 16.5 Å². The maximum Gasteiger partial charge on any atom is 0.251 e. The number of hydrogen-bond donors (Lipinski definition) is 0. The van der Waals surface area contributed by atoms with Crippen molar-refractivity contribution in [3.05, 3.63) is 81.1 Å². The molecule has 0 bridgehead atoms. The predicted octanol–water partition coefficient (Wildman–Crippen LogP) is 3.98. The fourth-order valence-electron chi connectivity index (χ4n) is 3.05. The van der Waals surface area contributed by atoms with E-state index < -0.39 is 0 Å². The number of rotatable bonds is 2. The summed E-state index contributed by atoms with van der Waals surface area (Å²) in [5.41, 5.74) is 5.70. The molecule has 0 unspecified atom stereocenters. The van der Waals surface area contributed by atoms with Gasteiger partial charge in [0.2, 0.25) is 0 Å². The van der Waals surface area contributed by atoms with Gasteiger partial charge in [0.1, 0.15) is 0 Å². The van der Waals surface area contributed by atoms with E-state index in [-0.39, 0.29) is 5.56 Å². The third-order valence-corrected chi connectivity index (χ3v) is 3.93. The lowest BCUT2D eigenvalue weighted by atomic mass is 10.0. The average molecular weight is 277 g/mol. The smallest absolute Gasteiger partial charge is 0.251 e. The standard InChI is InChI=1S/C19H19NO/c1-13-9-14(2)19-15(3)11-18(21)20(17(19)10-13)12-16-7-5-4-6-8-16/h4-11H,12H2,1-3H3. The van der Waals surface area contributed by atoms with Gasteiger partial charge >= 0.3 is 0 Å². The summed E-state index contributed by atoms with van der Waals surface area (Å²) < 4.78 is 1.87. The lowest BCUT2D eigenvalue weighted by Gasteiger charge is -2.15. The van der Waals surface area contributed by atoms with Crippen molar-refractivity contribution >= 4 is 10.9 Å². The van der Waals surface area contributed by atoms with E-state index in [0.717, 1.165) is 16.6 Å². The zero-order chi connectivity index (χ0) is 15.0. The Morgan fingerprint density at radius 1 is 0.905 bits per heavy atom. The molecule has 0 aliphatic carbocycles. The van der Waals surface area contributed by atoms with Crippen LogP contribution in [0.4, 0.5) is 0 Å². The average Bonchev–Trinajstić information content (AvgIpc) is 2.43. The molecule has 0 fully saturated rings. The highest BCUT2D eigenvalue weighted by atomic mass is 16.1. The molecule has 2 nitrogen and oxygen atoms in total. The Labute approximate surface area is 124 Å². The van der Waals surface area contributed by atoms with Crippen LogP contribution in [-0.4, -0.2) is 4.57 Å². The Bertz CT molecular complexity index is 860. The van der Waals surface area contributed by atoms with E-state index in [1.807, 2.05) is 29.7 Å². The van der Waals surface area contributed by atoms with Crippen LogP contribution in [0.15, 0.2) is 53.3 Å². The summed E-state index contributed by atoms with van der Waals surface area (Å²) in [6.07, 6.45) is 0. The van der Waals surface area contributed by atoms with Crippen LogP contribution in [0.5, 0.6) is 0 Å². The molecule has 2 aromatic carbocycles. The van der Waals surface area contributed by atoms with E-state index in [4.69, 9.17) is 0 Å². The third kappa shape index (κ3) is 2.49. The zero-order valence-corrected chi connectivity index (χ0v) is 12.7. The van der Waals surface area contributed by atoms with E-state index >= 15 is 0 Å². The van der Waals surface area contributed by atoms with Gasteiger partial charge in [0.25, 0.3) is 5.56 Å². The van der Waals surface area contributed by atoms with Crippen LogP contribution in [0.2, 0.25) is 0 Å². The summed E-state index contributed by atoms with van der Waals surface area (Å²) in [5, 5.41) is 1.19. The topological polar surface area (TPSA) is 22.0 Å². The first-order valence-corrected chi connectivity index (χ1v) is 7.21. The predicted molar refractivity (Wildman–Crippen MR) is 88.0 cm³/mol. The van der Waals surface area contributed by atoms with Gasteiger partial charge in [-0.25, -0.2) is 0 Å². The molecule has 0 amide bonds. The first kappa shape index (κ1) is 13.6. The highest BCUT2D eigenvalue weighted by Gasteiger charge is 2.09. The van der Waals surface area contributed by atoms with Gasteiger partial charge in [0.15, 0.2) is 0 Å². The van der Waals surface area contributed by atoms with Gasteiger partial charge in [-0.2, -0.15) is 0 Å². The molecule has 0 aliphatic heterocycles. The second-order valence-corrected chi connectivity index (χ2v) is 5.71. The first-order valence-electron chi connectivity index (χ1n) is 7.21. The molecule has 0 N–H and O–H groups in total. The van der Waals surface area contributed by atoms with Crippen LogP contribution in [-0.2, 0) is 6.54 Å². The van der Waals surface area contributed by atoms with Crippen LogP contribution in [0.1, 0.15) is 22.3 Å². The number of pyridine rings is 1. The van der Waals surface area contributed by atoms with Gasteiger partial charge in [0, 0.05) is 11.5 Å². The molecule has 21 heavy (non-hydrogen) atoms. The van der Waals surface area contributed by atoms with Crippen molar-refractivity contribution in [1.82, 2.24) is 4.57 Å². The molecule has 1 aromatic heterocycles. The third-order valence-electron chi connectivity index (χ3n) is 3.93. The summed E-state index contributed by atoms with van der Waals surface area (Å²) in [4.78, 5) is 12.4. The molecule has 106 valence electrons. The molecule has 0 saturated heterocycles. The van der Waals surface area contributed by atoms with Crippen molar-refractivity contribution < 1.29 is 0 Å². The number of benzene rings is 2. The molecule has 2 heteroatoms. The molecule has 0 spiro atoms. The second-order valence-electron chi connectivity index (χ2n) is 5.71. The summed E-state index contributed by atoms with van der Waals surface area (Å²) in [5.74, 6) is 0. The van der Waals surface area contributed by atoms with Gasteiger partial charge in [0.05, 0.1) is 12.1 Å². The number of hydrogen-bond acceptors (Lipinski definition) is 1. The van der Waals surface area contributed by atoms with Gasteiger partial charge in [-0.3, -0.25) is 4.79 Å². The van der Waals surface area contributed by atoms with Gasteiger partial charge in [-0.15, -0.1) is 0 Å². The Morgan fingerprint density at radius 3 is 2.29 bits per heavy atom. The van der Waals surface area contributed by atoms with Crippen molar-refractivity contribution in [2.45, 2.75) is 27.3 Å².